The molecule has 4 unspecified atom stereocenters. The van der Waals surface area contributed by atoms with Gasteiger partial charge in [-0.05, 0) is 6.42 Å². The van der Waals surface area contributed by atoms with Gasteiger partial charge in [0.05, 0.1) is 12.4 Å². The standard InChI is InChI=1S/C16H21N5O6/c22-9-4-12(16(26)27)21(6-9)15(25)11(3-8-5-17-7-18-8)20-14(24)10-1-2-13(23)19-10/h5,7,9-12,22H,1-4,6H2,(H,17,18)(H,19,23)(H,20,24)(H,26,27). The minimum Gasteiger partial charge on any atom is -0.480 e. The van der Waals surface area contributed by atoms with Crippen LogP contribution in [0.25, 0.3) is 0 Å². The Kier molecular flexibility index (Phi) is 5.40. The first kappa shape index (κ1) is 18.8. The van der Waals surface area contributed by atoms with E-state index in [9.17, 15) is 29.4 Å². The number of amides is 3. The lowest BCUT2D eigenvalue weighted by Gasteiger charge is -2.27. The Morgan fingerprint density at radius 2 is 2.19 bits per heavy atom. The van der Waals surface area contributed by atoms with Crippen LogP contribution in [-0.2, 0) is 25.6 Å². The summed E-state index contributed by atoms with van der Waals surface area (Å²) in [6.45, 7) is -0.120. The molecule has 0 spiro atoms. The number of aromatic nitrogens is 2. The van der Waals surface area contributed by atoms with Crippen molar-refractivity contribution in [1.82, 2.24) is 25.5 Å². The number of β-amino-alcohol motifs (C(OH)–C–C–N with tert-alkyl or cyclic N) is 1. The zero-order valence-corrected chi connectivity index (χ0v) is 14.4. The monoisotopic (exact) mass is 379 g/mol. The average molecular weight is 379 g/mol. The van der Waals surface area contributed by atoms with Crippen molar-refractivity contribution in [1.29, 1.82) is 0 Å². The Morgan fingerprint density at radius 3 is 2.78 bits per heavy atom. The second kappa shape index (κ2) is 7.74. The number of carboxylic acids is 1. The van der Waals surface area contributed by atoms with Crippen LogP contribution >= 0.6 is 0 Å². The number of likely N-dealkylation sites (tertiary alicyclic amines) is 1. The Bertz CT molecular complexity index is 736. The molecule has 27 heavy (non-hydrogen) atoms. The molecule has 2 aliphatic heterocycles. The molecule has 3 heterocycles. The molecule has 2 aliphatic rings. The minimum absolute atomic E-state index is 0.0650. The number of hydrogen-bond acceptors (Lipinski definition) is 6. The van der Waals surface area contributed by atoms with Crippen molar-refractivity contribution in [2.75, 3.05) is 6.54 Å². The molecular formula is C16H21N5O6. The second-order valence-electron chi connectivity index (χ2n) is 6.74. The number of rotatable bonds is 6. The number of carbonyl (C=O) groups is 4. The molecule has 11 heteroatoms. The van der Waals surface area contributed by atoms with E-state index in [1.165, 1.54) is 12.5 Å². The van der Waals surface area contributed by atoms with Crippen molar-refractivity contribution in [2.24, 2.45) is 0 Å². The van der Waals surface area contributed by atoms with Gasteiger partial charge >= 0.3 is 5.97 Å². The molecule has 1 aromatic rings. The average Bonchev–Trinajstić information content (AvgIpc) is 3.34. The van der Waals surface area contributed by atoms with Crippen LogP contribution in [0.2, 0.25) is 0 Å². The number of carboxylic acid groups (broad SMARTS) is 1. The van der Waals surface area contributed by atoms with E-state index in [0.29, 0.717) is 12.1 Å². The van der Waals surface area contributed by atoms with Gasteiger partial charge in [-0.3, -0.25) is 14.4 Å². The number of nitrogens with one attached hydrogen (secondary N) is 3. The largest absolute Gasteiger partial charge is 0.480 e. The zero-order chi connectivity index (χ0) is 19.6. The smallest absolute Gasteiger partial charge is 0.326 e. The fourth-order valence-electron chi connectivity index (χ4n) is 3.39. The summed E-state index contributed by atoms with van der Waals surface area (Å²) < 4.78 is 0. The van der Waals surface area contributed by atoms with E-state index in [2.05, 4.69) is 20.6 Å². The maximum absolute atomic E-state index is 13.0. The van der Waals surface area contributed by atoms with Crippen molar-refractivity contribution in [3.8, 4) is 0 Å². The minimum atomic E-state index is -1.21. The molecule has 0 bridgehead atoms. The normalized spacial score (nSPS) is 25.9. The van der Waals surface area contributed by atoms with Crippen molar-refractivity contribution >= 4 is 23.7 Å². The highest BCUT2D eigenvalue weighted by Gasteiger charge is 2.42. The van der Waals surface area contributed by atoms with E-state index >= 15 is 0 Å². The fourth-order valence-corrected chi connectivity index (χ4v) is 3.39. The highest BCUT2D eigenvalue weighted by Crippen LogP contribution is 2.20. The van der Waals surface area contributed by atoms with Gasteiger partial charge in [-0.25, -0.2) is 9.78 Å². The van der Waals surface area contributed by atoms with Crippen molar-refractivity contribution in [3.63, 3.8) is 0 Å². The van der Waals surface area contributed by atoms with Gasteiger partial charge in [-0.2, -0.15) is 0 Å². The number of nitrogens with zero attached hydrogens (tertiary/aromatic N) is 2. The number of H-pyrrole nitrogens is 1. The molecule has 0 radical (unpaired) electrons. The number of aliphatic carboxylic acids is 1. The summed E-state index contributed by atoms with van der Waals surface area (Å²) in [5.41, 5.74) is 0.579. The third-order valence-corrected chi connectivity index (χ3v) is 4.75. The second-order valence-corrected chi connectivity index (χ2v) is 6.74. The van der Waals surface area contributed by atoms with Crippen LogP contribution in [0.4, 0.5) is 0 Å². The molecule has 3 rings (SSSR count). The molecule has 4 atom stereocenters. The van der Waals surface area contributed by atoms with Crippen molar-refractivity contribution in [2.45, 2.75) is 49.9 Å². The molecule has 0 aromatic carbocycles. The van der Waals surface area contributed by atoms with Gasteiger partial charge in [0.1, 0.15) is 18.1 Å². The highest BCUT2D eigenvalue weighted by atomic mass is 16.4. The quantitative estimate of drug-likeness (QED) is 0.373. The van der Waals surface area contributed by atoms with Gasteiger partial charge in [0.25, 0.3) is 0 Å². The Morgan fingerprint density at radius 1 is 1.41 bits per heavy atom. The first-order valence-corrected chi connectivity index (χ1v) is 8.63. The maximum Gasteiger partial charge on any atom is 0.326 e. The summed E-state index contributed by atoms with van der Waals surface area (Å²) in [6.07, 6.45) is 2.56. The summed E-state index contributed by atoms with van der Waals surface area (Å²) in [4.78, 5) is 55.9. The lowest BCUT2D eigenvalue weighted by molar-refractivity contribution is -0.149. The van der Waals surface area contributed by atoms with Crippen LogP contribution in [0.3, 0.4) is 0 Å². The molecule has 2 fully saturated rings. The van der Waals surface area contributed by atoms with Gasteiger partial charge < -0.3 is 30.7 Å². The Labute approximate surface area is 154 Å². The van der Waals surface area contributed by atoms with E-state index in [1.54, 1.807) is 0 Å². The molecule has 3 amide bonds. The predicted molar refractivity (Wildman–Crippen MR) is 89.1 cm³/mol. The van der Waals surface area contributed by atoms with Crippen molar-refractivity contribution < 1.29 is 29.4 Å². The summed E-state index contributed by atoms with van der Waals surface area (Å²) >= 11 is 0. The van der Waals surface area contributed by atoms with Crippen molar-refractivity contribution in [3.05, 3.63) is 18.2 Å². The summed E-state index contributed by atoms with van der Waals surface area (Å²) in [7, 11) is 0. The topological polar surface area (TPSA) is 165 Å². The Hall–Kier alpha value is -2.95. The number of imidazole rings is 1. The zero-order valence-electron chi connectivity index (χ0n) is 14.4. The predicted octanol–water partition coefficient (Wildman–Crippen LogP) is -2.24. The first-order chi connectivity index (χ1) is 12.8. The number of carbonyl (C=O) groups excluding carboxylic acids is 3. The molecule has 5 N–H and O–H groups in total. The first-order valence-electron chi connectivity index (χ1n) is 8.63. The van der Waals surface area contributed by atoms with Gasteiger partial charge in [-0.15, -0.1) is 0 Å². The van der Waals surface area contributed by atoms with E-state index in [1.807, 2.05) is 0 Å². The van der Waals surface area contributed by atoms with E-state index in [-0.39, 0.29) is 31.7 Å². The molecule has 0 saturated carbocycles. The summed E-state index contributed by atoms with van der Waals surface area (Å²) in [6, 6.07) is -2.93. The maximum atomic E-state index is 13.0. The van der Waals surface area contributed by atoms with Gasteiger partial charge in [0.15, 0.2) is 0 Å². The van der Waals surface area contributed by atoms with Gasteiger partial charge in [-0.1, -0.05) is 0 Å². The van der Waals surface area contributed by atoms with E-state index in [4.69, 9.17) is 0 Å². The fraction of sp³-hybridized carbons (Fsp3) is 0.562. The lowest BCUT2D eigenvalue weighted by atomic mass is 10.1. The van der Waals surface area contributed by atoms with E-state index < -0.39 is 42.0 Å². The van der Waals surface area contributed by atoms with Crippen LogP contribution in [-0.4, -0.2) is 79.5 Å². The lowest BCUT2D eigenvalue weighted by Crippen LogP contribution is -2.55. The third-order valence-electron chi connectivity index (χ3n) is 4.75. The third kappa shape index (κ3) is 4.25. The van der Waals surface area contributed by atoms with Crippen LogP contribution in [0.1, 0.15) is 25.0 Å². The summed E-state index contributed by atoms with van der Waals surface area (Å²) in [5.74, 6) is -2.56. The van der Waals surface area contributed by atoms with E-state index in [0.717, 1.165) is 4.90 Å². The number of aromatic amines is 1. The van der Waals surface area contributed by atoms with Gasteiger partial charge in [0.2, 0.25) is 17.7 Å². The van der Waals surface area contributed by atoms with Crippen LogP contribution in [0, 0.1) is 0 Å². The SMILES string of the molecule is O=C1CCC(C(=O)NC(Cc2cnc[nH]2)C(=O)N2CC(O)CC2C(=O)O)N1. The van der Waals surface area contributed by atoms with Crippen LogP contribution < -0.4 is 10.6 Å². The number of aliphatic hydroxyl groups excluding tert-OH is 1. The molecule has 11 nitrogen and oxygen atoms in total. The molecular weight excluding hydrogens is 358 g/mol. The highest BCUT2D eigenvalue weighted by molar-refractivity contribution is 5.95. The summed E-state index contributed by atoms with van der Waals surface area (Å²) in [5, 5.41) is 24.2. The Balaban J connectivity index is 1.76. The molecule has 1 aromatic heterocycles. The van der Waals surface area contributed by atoms with Crippen LogP contribution in [0.5, 0.6) is 0 Å². The van der Waals surface area contributed by atoms with Gasteiger partial charge in [0, 0.05) is 37.7 Å². The molecule has 146 valence electrons. The van der Waals surface area contributed by atoms with Crippen LogP contribution in [0.15, 0.2) is 12.5 Å². The molecule has 2 saturated heterocycles. The molecule has 0 aliphatic carbocycles. The number of aliphatic hydroxyl groups is 1. The number of hydrogen-bond donors (Lipinski definition) is 5.